The molecule has 0 aromatic carbocycles. The third kappa shape index (κ3) is 66.7. The maximum Gasteiger partial charge on any atom is 0.306 e. The van der Waals surface area contributed by atoms with E-state index in [9.17, 15) is 14.4 Å². The lowest BCUT2D eigenvalue weighted by molar-refractivity contribution is -0.167. The summed E-state index contributed by atoms with van der Waals surface area (Å²) in [5.74, 6) is -0.853. The molecule has 0 bridgehead atoms. The van der Waals surface area contributed by atoms with Crippen molar-refractivity contribution in [1.29, 1.82) is 0 Å². The van der Waals surface area contributed by atoms with E-state index in [1.54, 1.807) is 0 Å². The van der Waals surface area contributed by atoms with Crippen LogP contribution in [0.25, 0.3) is 0 Å². The fraction of sp³-hybridized carbons (Fsp3) is 0.905. The lowest BCUT2D eigenvalue weighted by Gasteiger charge is -2.18. The molecule has 6 heteroatoms. The van der Waals surface area contributed by atoms with Gasteiger partial charge in [0, 0.05) is 19.3 Å². The van der Waals surface area contributed by atoms with Crippen LogP contribution in [0, 0.1) is 0 Å². The molecular formula is C74H140O6. The van der Waals surface area contributed by atoms with Crippen LogP contribution >= 0.6 is 0 Å². The van der Waals surface area contributed by atoms with E-state index in [1.165, 1.54) is 308 Å². The van der Waals surface area contributed by atoms with Gasteiger partial charge >= 0.3 is 17.9 Å². The second-order valence-electron chi connectivity index (χ2n) is 24.9. The highest BCUT2D eigenvalue weighted by atomic mass is 16.6. The van der Waals surface area contributed by atoms with Crippen LogP contribution in [0.4, 0.5) is 0 Å². The highest BCUT2D eigenvalue weighted by Crippen LogP contribution is 2.19. The van der Waals surface area contributed by atoms with Gasteiger partial charge in [-0.2, -0.15) is 0 Å². The summed E-state index contributed by atoms with van der Waals surface area (Å²) in [4.78, 5) is 38.4. The number of carbonyl (C=O) groups excluding carboxylic acids is 3. The Kier molecular flexibility index (Phi) is 67.6. The number of ether oxygens (including phenoxy) is 3. The summed E-state index contributed by atoms with van der Waals surface area (Å²) in [6.07, 6.45) is 85.1. The number of esters is 3. The minimum absolute atomic E-state index is 0.0704. The maximum absolute atomic E-state index is 12.9. The number of rotatable bonds is 68. The van der Waals surface area contributed by atoms with Crippen LogP contribution in [-0.2, 0) is 28.6 Å². The molecule has 0 saturated heterocycles. The molecular weight excluding hydrogens is 985 g/mol. The predicted molar refractivity (Wildman–Crippen MR) is 349 cm³/mol. The Morgan fingerprint density at radius 3 is 0.625 bits per heavy atom. The minimum Gasteiger partial charge on any atom is -0.462 e. The Balaban J connectivity index is 4.17. The Labute approximate surface area is 500 Å². The number of allylic oxidation sites excluding steroid dienone is 4. The molecule has 80 heavy (non-hydrogen) atoms. The summed E-state index contributed by atoms with van der Waals surface area (Å²) < 4.78 is 17.0. The fourth-order valence-corrected chi connectivity index (χ4v) is 11.2. The molecule has 0 aliphatic carbocycles. The molecule has 0 aromatic heterocycles. The van der Waals surface area contributed by atoms with Gasteiger partial charge in [-0.3, -0.25) is 14.4 Å². The maximum atomic E-state index is 12.9. The van der Waals surface area contributed by atoms with Gasteiger partial charge in [-0.25, -0.2) is 0 Å². The molecule has 0 fully saturated rings. The SMILES string of the molecule is CCCCCCCC/C=C\CCCCCCCCCC(=O)OC(COC(=O)CCCCCCC/C=C\CCCCCCCC)COC(=O)CCCCCCCCCCCCCCCCCCCCCCCCCCCCCCCC. The van der Waals surface area contributed by atoms with E-state index in [4.69, 9.17) is 14.2 Å². The first-order valence-corrected chi connectivity index (χ1v) is 36.3. The van der Waals surface area contributed by atoms with Crippen molar-refractivity contribution in [1.82, 2.24) is 0 Å². The average molecular weight is 1130 g/mol. The smallest absolute Gasteiger partial charge is 0.306 e. The van der Waals surface area contributed by atoms with Crippen molar-refractivity contribution >= 4 is 17.9 Å². The highest BCUT2D eigenvalue weighted by Gasteiger charge is 2.19. The monoisotopic (exact) mass is 1130 g/mol. The van der Waals surface area contributed by atoms with Gasteiger partial charge in [-0.15, -0.1) is 0 Å². The Morgan fingerprint density at radius 2 is 0.412 bits per heavy atom. The van der Waals surface area contributed by atoms with Crippen LogP contribution in [0.2, 0.25) is 0 Å². The molecule has 6 nitrogen and oxygen atoms in total. The van der Waals surface area contributed by atoms with Crippen molar-refractivity contribution in [2.75, 3.05) is 13.2 Å². The van der Waals surface area contributed by atoms with E-state index >= 15 is 0 Å². The van der Waals surface area contributed by atoms with E-state index in [2.05, 4.69) is 45.1 Å². The number of carbonyl (C=O) groups is 3. The molecule has 0 rings (SSSR count). The Bertz CT molecular complexity index is 1290. The summed E-state index contributed by atoms with van der Waals surface area (Å²) in [6.45, 7) is 6.70. The molecule has 1 atom stereocenters. The van der Waals surface area contributed by atoms with E-state index in [0.717, 1.165) is 64.2 Å². The summed E-state index contributed by atoms with van der Waals surface area (Å²) in [7, 11) is 0. The van der Waals surface area contributed by atoms with Crippen molar-refractivity contribution in [2.24, 2.45) is 0 Å². The van der Waals surface area contributed by atoms with Gasteiger partial charge in [0.05, 0.1) is 0 Å². The van der Waals surface area contributed by atoms with Gasteiger partial charge in [0.15, 0.2) is 6.10 Å². The molecule has 0 aromatic rings. The average Bonchev–Trinajstić information content (AvgIpc) is 3.46. The second-order valence-corrected chi connectivity index (χ2v) is 24.9. The quantitative estimate of drug-likeness (QED) is 0.0261. The number of hydrogen-bond acceptors (Lipinski definition) is 6. The van der Waals surface area contributed by atoms with E-state index in [1.807, 2.05) is 0 Å². The lowest BCUT2D eigenvalue weighted by Crippen LogP contribution is -2.30. The number of unbranched alkanes of at least 4 members (excludes halogenated alkanes) is 53. The summed E-state index contributed by atoms with van der Waals surface area (Å²) in [6, 6.07) is 0. The molecule has 0 spiro atoms. The third-order valence-electron chi connectivity index (χ3n) is 16.7. The standard InChI is InChI=1S/C74H140O6/c1-4-7-10-13-16-19-22-25-28-30-31-32-33-34-35-36-37-38-39-40-41-42-44-46-49-52-55-58-61-64-67-73(76)79-70-71(69-78-72(75)66-63-60-57-54-51-48-45-27-24-21-18-15-12-9-6-3)80-74(77)68-65-62-59-56-53-50-47-43-29-26-23-20-17-14-11-8-5-2/h26-27,29,45,71H,4-25,28,30-44,46-70H2,1-3H3/b29-26-,45-27-. The minimum atomic E-state index is -0.775. The van der Waals surface area contributed by atoms with Gasteiger partial charge in [0.1, 0.15) is 13.2 Å². The lowest BCUT2D eigenvalue weighted by atomic mass is 10.0. The molecule has 0 amide bonds. The van der Waals surface area contributed by atoms with Crippen LogP contribution in [0.3, 0.4) is 0 Å². The van der Waals surface area contributed by atoms with Gasteiger partial charge in [-0.1, -0.05) is 347 Å². The van der Waals surface area contributed by atoms with Crippen molar-refractivity contribution in [3.63, 3.8) is 0 Å². The molecule has 0 heterocycles. The molecule has 0 N–H and O–H groups in total. The molecule has 1 unspecified atom stereocenters. The highest BCUT2D eigenvalue weighted by molar-refractivity contribution is 5.71. The summed E-state index contributed by atoms with van der Waals surface area (Å²) in [5.41, 5.74) is 0. The summed E-state index contributed by atoms with van der Waals surface area (Å²) in [5, 5.41) is 0. The molecule has 0 saturated carbocycles. The van der Waals surface area contributed by atoms with Crippen LogP contribution in [0.15, 0.2) is 24.3 Å². The first-order chi connectivity index (χ1) is 39.5. The third-order valence-corrected chi connectivity index (χ3v) is 16.7. The normalized spacial score (nSPS) is 12.1. The van der Waals surface area contributed by atoms with Crippen LogP contribution in [0.1, 0.15) is 412 Å². The predicted octanol–water partition coefficient (Wildman–Crippen LogP) is 25.0. The van der Waals surface area contributed by atoms with Crippen LogP contribution in [-0.4, -0.2) is 37.2 Å². The van der Waals surface area contributed by atoms with Gasteiger partial charge in [0.2, 0.25) is 0 Å². The Hall–Kier alpha value is -2.11. The van der Waals surface area contributed by atoms with E-state index in [-0.39, 0.29) is 31.1 Å². The molecule has 0 aliphatic heterocycles. The van der Waals surface area contributed by atoms with Crippen molar-refractivity contribution in [3.05, 3.63) is 24.3 Å². The van der Waals surface area contributed by atoms with Crippen LogP contribution < -0.4 is 0 Å². The molecule has 472 valence electrons. The fourth-order valence-electron chi connectivity index (χ4n) is 11.2. The van der Waals surface area contributed by atoms with Crippen molar-refractivity contribution < 1.29 is 28.6 Å². The molecule has 0 radical (unpaired) electrons. The van der Waals surface area contributed by atoms with E-state index < -0.39 is 6.10 Å². The topological polar surface area (TPSA) is 78.9 Å². The first kappa shape index (κ1) is 77.9. The number of hydrogen-bond donors (Lipinski definition) is 0. The summed E-state index contributed by atoms with van der Waals surface area (Å²) >= 11 is 0. The first-order valence-electron chi connectivity index (χ1n) is 36.3. The van der Waals surface area contributed by atoms with Gasteiger partial charge in [0.25, 0.3) is 0 Å². The zero-order valence-electron chi connectivity index (χ0n) is 54.4. The second kappa shape index (κ2) is 69.4. The van der Waals surface area contributed by atoms with Crippen molar-refractivity contribution in [2.45, 2.75) is 419 Å². The zero-order chi connectivity index (χ0) is 57.8. The van der Waals surface area contributed by atoms with Gasteiger partial charge in [-0.05, 0) is 70.6 Å². The zero-order valence-corrected chi connectivity index (χ0v) is 54.4. The van der Waals surface area contributed by atoms with E-state index in [0.29, 0.717) is 19.3 Å². The molecule has 0 aliphatic rings. The van der Waals surface area contributed by atoms with Crippen molar-refractivity contribution in [3.8, 4) is 0 Å². The van der Waals surface area contributed by atoms with Gasteiger partial charge < -0.3 is 14.2 Å². The van der Waals surface area contributed by atoms with Crippen LogP contribution in [0.5, 0.6) is 0 Å². The largest absolute Gasteiger partial charge is 0.462 e. The Morgan fingerprint density at radius 1 is 0.237 bits per heavy atom.